The van der Waals surface area contributed by atoms with Crippen molar-refractivity contribution in [2.45, 2.75) is 71.0 Å². The van der Waals surface area contributed by atoms with Crippen molar-refractivity contribution in [1.29, 1.82) is 5.26 Å². The zero-order valence-electron chi connectivity index (χ0n) is 25.5. The fourth-order valence-corrected chi connectivity index (χ4v) is 5.95. The van der Waals surface area contributed by atoms with E-state index in [4.69, 9.17) is 0 Å². The van der Waals surface area contributed by atoms with Gasteiger partial charge in [-0.1, -0.05) is 52.8 Å². The van der Waals surface area contributed by atoms with E-state index in [0.29, 0.717) is 23.4 Å². The maximum Gasteiger partial charge on any atom is 0.252 e. The minimum atomic E-state index is -1.72. The standard InChI is InChI=1S/C32H36F3N5O4/c1-17(2)26(38-27(41)18-11-21(33)25(35)22(34)12-18)29(43)39(6)24(14-31(3,4)5)28(42)40-16-32(13-19(40)15-36)20-9-7-8-10-23(20)37-30(32)44/h7-12,17,19,24,26H,13-14,16H2,1-6H3,(H,37,44)(H,38,41)/t19-,24-,26?,32-/m0/s1. The molecule has 1 fully saturated rings. The van der Waals surface area contributed by atoms with E-state index in [1.807, 2.05) is 20.8 Å². The van der Waals surface area contributed by atoms with E-state index in [0.717, 1.165) is 0 Å². The SMILES string of the molecule is CC(C)C(NC(=O)c1cc(F)c(F)c(F)c1)C(=O)N(C)[C@@H](CC(C)(C)C)C(=O)N1C[C@]2(C[C@H]1C#N)C(=O)Nc1ccccc12. The molecule has 9 nitrogen and oxygen atoms in total. The first-order valence-corrected chi connectivity index (χ1v) is 14.3. The van der Waals surface area contributed by atoms with E-state index < -0.39 is 75.6 Å². The van der Waals surface area contributed by atoms with Gasteiger partial charge in [0, 0.05) is 31.3 Å². The third-order valence-electron chi connectivity index (χ3n) is 8.29. The second-order valence-electron chi connectivity index (χ2n) is 13.1. The van der Waals surface area contributed by atoms with Crippen molar-refractivity contribution in [3.05, 3.63) is 65.0 Å². The van der Waals surface area contributed by atoms with Crippen LogP contribution < -0.4 is 10.6 Å². The molecule has 2 N–H and O–H groups in total. The molecule has 1 saturated heterocycles. The topological polar surface area (TPSA) is 123 Å². The number of nitrogens with zero attached hydrogens (tertiary/aromatic N) is 3. The van der Waals surface area contributed by atoms with Crippen LogP contribution in [0.4, 0.5) is 18.9 Å². The third-order valence-corrected chi connectivity index (χ3v) is 8.29. The molecule has 4 amide bonds. The lowest BCUT2D eigenvalue weighted by molar-refractivity contribution is -0.147. The molecule has 4 rings (SSSR count). The zero-order chi connectivity index (χ0) is 32.7. The smallest absolute Gasteiger partial charge is 0.252 e. The molecule has 0 aromatic heterocycles. The summed E-state index contributed by atoms with van der Waals surface area (Å²) in [7, 11) is 1.42. The van der Waals surface area contributed by atoms with Crippen molar-refractivity contribution in [2.75, 3.05) is 18.9 Å². The summed E-state index contributed by atoms with van der Waals surface area (Å²) in [6, 6.07) is 7.13. The molecule has 0 bridgehead atoms. The number of likely N-dealkylation sites (N-methyl/N-ethyl adjacent to an activating group) is 1. The fraction of sp³-hybridized carbons (Fsp3) is 0.469. The molecule has 2 aliphatic heterocycles. The van der Waals surface area contributed by atoms with Crippen LogP contribution in [0.15, 0.2) is 36.4 Å². The van der Waals surface area contributed by atoms with Gasteiger partial charge in [0.05, 0.1) is 11.5 Å². The zero-order valence-corrected chi connectivity index (χ0v) is 25.5. The third kappa shape index (κ3) is 6.00. The molecule has 12 heteroatoms. The summed E-state index contributed by atoms with van der Waals surface area (Å²) in [6.07, 6.45) is 0.277. The summed E-state index contributed by atoms with van der Waals surface area (Å²) in [5.74, 6) is -7.82. The van der Waals surface area contributed by atoms with Gasteiger partial charge in [-0.2, -0.15) is 5.26 Å². The molecule has 1 spiro atoms. The number of benzene rings is 2. The Labute approximate surface area is 254 Å². The summed E-state index contributed by atoms with van der Waals surface area (Å²) in [5, 5.41) is 15.4. The van der Waals surface area contributed by atoms with Gasteiger partial charge in [-0.3, -0.25) is 19.2 Å². The number of nitrogens with one attached hydrogen (secondary N) is 2. The number of amides is 4. The molecule has 0 saturated carbocycles. The van der Waals surface area contributed by atoms with Gasteiger partial charge in [0.15, 0.2) is 17.5 Å². The van der Waals surface area contributed by atoms with Crippen LogP contribution in [0, 0.1) is 40.1 Å². The van der Waals surface area contributed by atoms with Crippen LogP contribution in [-0.2, 0) is 19.8 Å². The summed E-state index contributed by atoms with van der Waals surface area (Å²) in [4.78, 5) is 56.9. The van der Waals surface area contributed by atoms with Crippen molar-refractivity contribution >= 4 is 29.3 Å². The van der Waals surface area contributed by atoms with Crippen molar-refractivity contribution in [3.63, 3.8) is 0 Å². The molecule has 2 heterocycles. The number of rotatable bonds is 7. The second-order valence-corrected chi connectivity index (χ2v) is 13.1. The molecule has 0 radical (unpaired) electrons. The summed E-state index contributed by atoms with van der Waals surface area (Å²) in [6.45, 7) is 8.91. The van der Waals surface area contributed by atoms with Crippen LogP contribution in [0.1, 0.15) is 63.4 Å². The average molecular weight is 612 g/mol. The predicted octanol–water partition coefficient (Wildman–Crippen LogP) is 4.14. The van der Waals surface area contributed by atoms with Crippen LogP contribution >= 0.6 is 0 Å². The molecule has 4 atom stereocenters. The monoisotopic (exact) mass is 611 g/mol. The Morgan fingerprint density at radius 1 is 1.16 bits per heavy atom. The van der Waals surface area contributed by atoms with E-state index in [9.17, 15) is 37.6 Å². The maximum absolute atomic E-state index is 14.3. The highest BCUT2D eigenvalue weighted by molar-refractivity contribution is 6.07. The minimum Gasteiger partial charge on any atom is -0.340 e. The van der Waals surface area contributed by atoms with Gasteiger partial charge >= 0.3 is 0 Å². The van der Waals surface area contributed by atoms with E-state index >= 15 is 0 Å². The molecule has 2 aromatic rings. The lowest BCUT2D eigenvalue weighted by Crippen LogP contribution is -2.57. The molecule has 44 heavy (non-hydrogen) atoms. The predicted molar refractivity (Wildman–Crippen MR) is 156 cm³/mol. The Bertz CT molecular complexity index is 1530. The molecular formula is C32H36F3N5O4. The first-order chi connectivity index (χ1) is 20.5. The largest absolute Gasteiger partial charge is 0.340 e. The van der Waals surface area contributed by atoms with Gasteiger partial charge in [0.1, 0.15) is 18.1 Å². The van der Waals surface area contributed by atoms with Crippen molar-refractivity contribution in [3.8, 4) is 6.07 Å². The average Bonchev–Trinajstić information content (AvgIpc) is 3.48. The summed E-state index contributed by atoms with van der Waals surface area (Å²) in [5.41, 5.74) is -0.771. The number of hydrogen-bond acceptors (Lipinski definition) is 5. The summed E-state index contributed by atoms with van der Waals surface area (Å²) >= 11 is 0. The number of fused-ring (bicyclic) bond motifs is 2. The van der Waals surface area contributed by atoms with Crippen LogP contribution in [0.3, 0.4) is 0 Å². The van der Waals surface area contributed by atoms with Crippen LogP contribution in [-0.4, -0.2) is 65.1 Å². The van der Waals surface area contributed by atoms with Crippen molar-refractivity contribution in [2.24, 2.45) is 11.3 Å². The number of hydrogen-bond donors (Lipinski definition) is 2. The van der Waals surface area contributed by atoms with Gasteiger partial charge in [-0.15, -0.1) is 0 Å². The lowest BCUT2D eigenvalue weighted by Gasteiger charge is -2.37. The Kier molecular flexibility index (Phi) is 8.82. The first kappa shape index (κ1) is 32.5. The van der Waals surface area contributed by atoms with E-state index in [-0.39, 0.29) is 25.3 Å². The molecular weight excluding hydrogens is 575 g/mol. The number of halogens is 3. The number of anilines is 1. The maximum atomic E-state index is 14.3. The molecule has 0 aliphatic carbocycles. The Balaban J connectivity index is 1.63. The van der Waals surface area contributed by atoms with Crippen molar-refractivity contribution < 1.29 is 32.3 Å². The van der Waals surface area contributed by atoms with Crippen LogP contribution in [0.5, 0.6) is 0 Å². The van der Waals surface area contributed by atoms with Gasteiger partial charge in [-0.05, 0) is 41.5 Å². The highest BCUT2D eigenvalue weighted by atomic mass is 19.2. The lowest BCUT2D eigenvalue weighted by atomic mass is 9.80. The Morgan fingerprint density at radius 3 is 2.34 bits per heavy atom. The molecule has 1 unspecified atom stereocenters. The second kappa shape index (κ2) is 11.9. The van der Waals surface area contributed by atoms with Gasteiger partial charge in [0.25, 0.3) is 5.91 Å². The number of carbonyl (C=O) groups excluding carboxylic acids is 4. The molecule has 234 valence electrons. The fourth-order valence-electron chi connectivity index (χ4n) is 5.95. The number of carbonyl (C=O) groups is 4. The first-order valence-electron chi connectivity index (χ1n) is 14.3. The normalized spacial score (nSPS) is 20.6. The number of nitriles is 1. The molecule has 2 aliphatic rings. The number of likely N-dealkylation sites (tertiary alicyclic amines) is 1. The van der Waals surface area contributed by atoms with E-state index in [2.05, 4.69) is 16.7 Å². The Hall–Kier alpha value is -4.40. The van der Waals surface area contributed by atoms with Crippen molar-refractivity contribution in [1.82, 2.24) is 15.1 Å². The Morgan fingerprint density at radius 2 is 1.77 bits per heavy atom. The quantitative estimate of drug-likeness (QED) is 0.456. The van der Waals surface area contributed by atoms with Crippen LogP contribution in [0.2, 0.25) is 0 Å². The minimum absolute atomic E-state index is 0.0539. The highest BCUT2D eigenvalue weighted by Crippen LogP contribution is 2.46. The van der Waals surface area contributed by atoms with E-state index in [1.165, 1.54) is 16.8 Å². The van der Waals surface area contributed by atoms with Gasteiger partial charge in [0.2, 0.25) is 17.7 Å². The summed E-state index contributed by atoms with van der Waals surface area (Å²) < 4.78 is 41.1. The highest BCUT2D eigenvalue weighted by Gasteiger charge is 2.57. The van der Waals surface area contributed by atoms with Gasteiger partial charge < -0.3 is 20.4 Å². The van der Waals surface area contributed by atoms with Gasteiger partial charge in [-0.25, -0.2) is 13.2 Å². The van der Waals surface area contributed by atoms with E-state index in [1.54, 1.807) is 38.1 Å². The molecule has 2 aromatic carbocycles. The van der Waals surface area contributed by atoms with Crippen LogP contribution in [0.25, 0.3) is 0 Å². The number of para-hydroxylation sites is 1.